The van der Waals surface area contributed by atoms with Crippen molar-refractivity contribution in [3.63, 3.8) is 0 Å². The fourth-order valence-corrected chi connectivity index (χ4v) is 8.33. The Morgan fingerprint density at radius 2 is 1.77 bits per heavy atom. The van der Waals surface area contributed by atoms with E-state index in [4.69, 9.17) is 15.2 Å². The number of hydrogen-bond donors (Lipinski definition) is 6. The molecule has 1 aromatic carbocycles. The van der Waals surface area contributed by atoms with Crippen molar-refractivity contribution in [3.05, 3.63) is 47.0 Å². The number of aliphatic hydroxyl groups is 5. The lowest BCUT2D eigenvalue weighted by Crippen LogP contribution is -2.78. The SMILES string of the molecule is CC1=C2C(O)C(=O)[C@]3(C)C(O)CC4OCC4(O)C3C(C)C(O)(CC1OC(=O)C(O)C(N)c1ccccc1)C2(C)C. The molecule has 0 aromatic heterocycles. The van der Waals surface area contributed by atoms with Crippen LogP contribution in [0, 0.1) is 22.7 Å². The van der Waals surface area contributed by atoms with Crippen LogP contribution in [0.3, 0.4) is 0 Å². The quantitative estimate of drug-likeness (QED) is 0.225. The van der Waals surface area contributed by atoms with E-state index in [1.807, 2.05) is 0 Å². The van der Waals surface area contributed by atoms with E-state index in [0.717, 1.165) is 0 Å². The highest BCUT2D eigenvalue weighted by molar-refractivity contribution is 5.93. The maximum absolute atomic E-state index is 14.1. The number of carbonyl (C=O) groups excluding carboxylic acids is 2. The summed E-state index contributed by atoms with van der Waals surface area (Å²) in [5, 5.41) is 57.9. The minimum atomic E-state index is -1.74. The number of ether oxygens (including phenoxy) is 2. The van der Waals surface area contributed by atoms with Gasteiger partial charge < -0.3 is 40.7 Å². The molecule has 7 N–H and O–H groups in total. The molecule has 11 atom stereocenters. The van der Waals surface area contributed by atoms with Crippen LogP contribution in [0.1, 0.15) is 59.1 Å². The molecule has 4 aliphatic rings. The van der Waals surface area contributed by atoms with Gasteiger partial charge in [-0.15, -0.1) is 0 Å². The molecule has 0 radical (unpaired) electrons. The van der Waals surface area contributed by atoms with Gasteiger partial charge in [-0.25, -0.2) is 4.79 Å². The maximum Gasteiger partial charge on any atom is 0.337 e. The number of aliphatic hydroxyl groups excluding tert-OH is 3. The van der Waals surface area contributed by atoms with Gasteiger partial charge in [0.05, 0.1) is 35.9 Å². The number of benzene rings is 1. The summed E-state index contributed by atoms with van der Waals surface area (Å²) >= 11 is 0. The minimum absolute atomic E-state index is 0.0222. The summed E-state index contributed by atoms with van der Waals surface area (Å²) in [5.41, 5.74) is 1.27. The van der Waals surface area contributed by atoms with Crippen molar-refractivity contribution in [2.45, 2.75) is 95.2 Å². The Labute approximate surface area is 233 Å². The first kappa shape index (κ1) is 29.3. The Hall–Kier alpha value is -2.18. The molecule has 3 fully saturated rings. The molecule has 5 rings (SSSR count). The highest BCUT2D eigenvalue weighted by Gasteiger charge is 2.74. The summed E-state index contributed by atoms with van der Waals surface area (Å²) in [6.07, 6.45) is -6.58. The van der Waals surface area contributed by atoms with E-state index < -0.39 is 82.2 Å². The molecule has 1 aromatic rings. The van der Waals surface area contributed by atoms with Crippen molar-refractivity contribution in [2.24, 2.45) is 28.4 Å². The lowest BCUT2D eigenvalue weighted by Gasteiger charge is -2.67. The summed E-state index contributed by atoms with van der Waals surface area (Å²) in [6, 6.07) is 7.55. The van der Waals surface area contributed by atoms with Gasteiger partial charge in [-0.3, -0.25) is 4.79 Å². The molecule has 10 heteroatoms. The molecule has 3 aliphatic carbocycles. The molecule has 2 bridgehead atoms. The van der Waals surface area contributed by atoms with Crippen LogP contribution in [0.15, 0.2) is 41.5 Å². The van der Waals surface area contributed by atoms with Gasteiger partial charge in [0.2, 0.25) is 0 Å². The molecule has 1 heterocycles. The van der Waals surface area contributed by atoms with Gasteiger partial charge in [-0.1, -0.05) is 51.1 Å². The van der Waals surface area contributed by atoms with Gasteiger partial charge in [-0.05, 0) is 36.5 Å². The molecule has 1 aliphatic heterocycles. The highest BCUT2D eigenvalue weighted by Crippen LogP contribution is 2.64. The molecule has 0 spiro atoms. The number of fused-ring (bicyclic) bond motifs is 5. The van der Waals surface area contributed by atoms with Crippen molar-refractivity contribution < 1.29 is 44.6 Å². The Morgan fingerprint density at radius 1 is 1.15 bits per heavy atom. The average molecular weight is 560 g/mol. The zero-order valence-corrected chi connectivity index (χ0v) is 23.6. The number of nitrogens with two attached hydrogens (primary N) is 1. The van der Waals surface area contributed by atoms with E-state index in [0.29, 0.717) is 11.1 Å². The van der Waals surface area contributed by atoms with Gasteiger partial charge in [0.1, 0.15) is 17.8 Å². The first-order chi connectivity index (χ1) is 18.5. The van der Waals surface area contributed by atoms with E-state index in [9.17, 15) is 35.1 Å². The van der Waals surface area contributed by atoms with Crippen molar-refractivity contribution in [2.75, 3.05) is 6.61 Å². The summed E-state index contributed by atoms with van der Waals surface area (Å²) < 4.78 is 11.3. The van der Waals surface area contributed by atoms with Crippen LogP contribution < -0.4 is 5.73 Å². The third kappa shape index (κ3) is 3.74. The number of ketones is 1. The molecule has 220 valence electrons. The molecule has 40 heavy (non-hydrogen) atoms. The number of hydrogen-bond acceptors (Lipinski definition) is 10. The molecule has 0 amide bonds. The van der Waals surface area contributed by atoms with Crippen LogP contribution >= 0.6 is 0 Å². The van der Waals surface area contributed by atoms with E-state index in [-0.39, 0.29) is 25.0 Å². The van der Waals surface area contributed by atoms with Crippen LogP contribution in [-0.2, 0) is 19.1 Å². The summed E-state index contributed by atoms with van der Waals surface area (Å²) in [4.78, 5) is 27.2. The standard InChI is InChI=1S/C30H41NO9/c1-14-17(40-26(36)23(34)21(31)16-9-7-6-8-10-16)12-30(38)15(2)24-28(5,18(32)11-19-29(24,37)13-39-19)25(35)22(33)20(14)27(30,3)4/h6-10,15,17-19,21-24,32-34,37-38H,11-13,31H2,1-5H3/t15?,17?,18?,19?,21?,22?,23?,24?,28-,29?,30?/m1/s1. The Bertz CT molecular complexity index is 1230. The predicted octanol–water partition coefficient (Wildman–Crippen LogP) is 0.533. The average Bonchev–Trinajstić information content (AvgIpc) is 2.91. The molecule has 2 saturated carbocycles. The first-order valence-electron chi connectivity index (χ1n) is 13.9. The van der Waals surface area contributed by atoms with Crippen LogP contribution in [0.4, 0.5) is 0 Å². The van der Waals surface area contributed by atoms with Crippen molar-refractivity contribution >= 4 is 11.8 Å². The molecule has 10 nitrogen and oxygen atoms in total. The lowest BCUT2D eigenvalue weighted by molar-refractivity contribution is -0.335. The van der Waals surface area contributed by atoms with Gasteiger partial charge in [0.15, 0.2) is 11.9 Å². The summed E-state index contributed by atoms with van der Waals surface area (Å²) in [6.45, 7) is 8.26. The van der Waals surface area contributed by atoms with Gasteiger partial charge in [-0.2, -0.15) is 0 Å². The Morgan fingerprint density at radius 3 is 2.35 bits per heavy atom. The van der Waals surface area contributed by atoms with E-state index in [2.05, 4.69) is 0 Å². The molecular formula is C30H41NO9. The van der Waals surface area contributed by atoms with Crippen LogP contribution in [0.5, 0.6) is 0 Å². The third-order valence-electron chi connectivity index (χ3n) is 10.9. The second-order valence-electron chi connectivity index (χ2n) is 13.0. The number of rotatable bonds is 4. The zero-order valence-electron chi connectivity index (χ0n) is 23.6. The number of carbonyl (C=O) groups is 2. The maximum atomic E-state index is 14.1. The second kappa shape index (κ2) is 9.42. The minimum Gasteiger partial charge on any atom is -0.456 e. The first-order valence-corrected chi connectivity index (χ1v) is 13.9. The second-order valence-corrected chi connectivity index (χ2v) is 13.0. The van der Waals surface area contributed by atoms with E-state index >= 15 is 0 Å². The van der Waals surface area contributed by atoms with Crippen LogP contribution in [0.2, 0.25) is 0 Å². The largest absolute Gasteiger partial charge is 0.456 e. The normalized spacial score (nSPS) is 43.8. The lowest BCUT2D eigenvalue weighted by atomic mass is 9.43. The fourth-order valence-electron chi connectivity index (χ4n) is 8.33. The summed E-state index contributed by atoms with van der Waals surface area (Å²) in [7, 11) is 0. The fraction of sp³-hybridized carbons (Fsp3) is 0.667. The number of Topliss-reactive ketones (excluding diaryl/α,β-unsaturated/α-hetero) is 1. The summed E-state index contributed by atoms with van der Waals surface area (Å²) in [5.74, 6) is -3.45. The van der Waals surface area contributed by atoms with E-state index in [1.165, 1.54) is 0 Å². The van der Waals surface area contributed by atoms with Crippen molar-refractivity contribution in [1.29, 1.82) is 0 Å². The highest BCUT2D eigenvalue weighted by atomic mass is 16.6. The Balaban J connectivity index is 1.57. The van der Waals surface area contributed by atoms with Gasteiger partial charge >= 0.3 is 5.97 Å². The molecular weight excluding hydrogens is 518 g/mol. The third-order valence-corrected chi connectivity index (χ3v) is 10.9. The zero-order chi connectivity index (χ0) is 29.6. The molecule has 10 unspecified atom stereocenters. The molecule has 1 saturated heterocycles. The van der Waals surface area contributed by atoms with E-state index in [1.54, 1.807) is 65.0 Å². The number of esters is 1. The van der Waals surface area contributed by atoms with Gasteiger partial charge in [0, 0.05) is 24.2 Å². The van der Waals surface area contributed by atoms with Gasteiger partial charge in [0.25, 0.3) is 0 Å². The van der Waals surface area contributed by atoms with Crippen molar-refractivity contribution in [3.8, 4) is 0 Å². The Kier molecular flexibility index (Phi) is 6.90. The topological polar surface area (TPSA) is 180 Å². The predicted molar refractivity (Wildman–Crippen MR) is 142 cm³/mol. The monoisotopic (exact) mass is 559 g/mol. The van der Waals surface area contributed by atoms with Crippen LogP contribution in [-0.4, -0.2) is 85.6 Å². The van der Waals surface area contributed by atoms with Crippen molar-refractivity contribution in [1.82, 2.24) is 0 Å². The smallest absolute Gasteiger partial charge is 0.337 e. The van der Waals surface area contributed by atoms with Crippen LogP contribution in [0.25, 0.3) is 0 Å².